The molecule has 0 saturated carbocycles. The molecule has 1 atom stereocenters. The number of anilines is 1. The van der Waals surface area contributed by atoms with Crippen molar-refractivity contribution < 1.29 is 14.7 Å². The lowest BCUT2D eigenvalue weighted by Crippen LogP contribution is -2.32. The molecule has 0 heterocycles. The Hall–Kier alpha value is -1.15. The molecule has 0 fully saturated rings. The molecule has 1 aromatic rings. The van der Waals surface area contributed by atoms with Gasteiger partial charge in [0.1, 0.15) is 6.04 Å². The second-order valence-corrected chi connectivity index (χ2v) is 4.81. The Morgan fingerprint density at radius 2 is 2.18 bits per heavy atom. The van der Waals surface area contributed by atoms with Crippen molar-refractivity contribution in [3.05, 3.63) is 27.3 Å². The number of carbonyl (C=O) groups is 2. The van der Waals surface area contributed by atoms with Crippen molar-refractivity contribution in [1.82, 2.24) is 0 Å². The number of rotatable bonds is 4. The molecule has 0 spiro atoms. The smallest absolute Gasteiger partial charge is 0.320 e. The maximum Gasteiger partial charge on any atom is 0.320 e. The number of benzene rings is 1. The quantitative estimate of drug-likeness (QED) is 0.713. The molecule has 0 saturated heterocycles. The Labute approximate surface area is 113 Å². The normalized spacial score (nSPS) is 11.9. The summed E-state index contributed by atoms with van der Waals surface area (Å²) in [5.74, 6) is -1.16. The number of hydrogen-bond acceptors (Lipinski definition) is 3. The van der Waals surface area contributed by atoms with Crippen LogP contribution >= 0.6 is 22.6 Å². The molecule has 17 heavy (non-hydrogen) atoms. The van der Waals surface area contributed by atoms with Crippen LogP contribution in [-0.4, -0.2) is 23.0 Å². The summed E-state index contributed by atoms with van der Waals surface area (Å²) in [4.78, 5) is 21.5. The van der Waals surface area contributed by atoms with E-state index in [2.05, 4.69) is 27.9 Å². The molecule has 0 radical (unpaired) electrons. The number of halogens is 1. The SMILES string of the molecule is CC(=O)Nc1ccc(CC(N)C(=O)O)cc1I. The van der Waals surface area contributed by atoms with Crippen LogP contribution in [0.5, 0.6) is 0 Å². The van der Waals surface area contributed by atoms with Gasteiger partial charge < -0.3 is 16.2 Å². The van der Waals surface area contributed by atoms with Gasteiger partial charge in [-0.1, -0.05) is 6.07 Å². The third-order valence-electron chi connectivity index (χ3n) is 2.12. The third kappa shape index (κ3) is 4.31. The summed E-state index contributed by atoms with van der Waals surface area (Å²) in [6, 6.07) is 4.41. The van der Waals surface area contributed by atoms with Crippen LogP contribution in [0, 0.1) is 3.57 Å². The highest BCUT2D eigenvalue weighted by Gasteiger charge is 2.13. The van der Waals surface area contributed by atoms with E-state index in [1.807, 2.05) is 6.07 Å². The third-order valence-corrected chi connectivity index (χ3v) is 3.01. The summed E-state index contributed by atoms with van der Waals surface area (Å²) < 4.78 is 0.855. The second-order valence-electron chi connectivity index (χ2n) is 3.64. The van der Waals surface area contributed by atoms with Gasteiger partial charge in [-0.3, -0.25) is 9.59 Å². The average Bonchev–Trinajstić information content (AvgIpc) is 2.21. The number of carboxylic acid groups (broad SMARTS) is 1. The fraction of sp³-hybridized carbons (Fsp3) is 0.273. The standard InChI is InChI=1S/C11H13IN2O3/c1-6(15)14-10-3-2-7(4-8(10)12)5-9(13)11(16)17/h2-4,9H,5,13H2,1H3,(H,14,15)(H,16,17). The zero-order valence-electron chi connectivity index (χ0n) is 9.24. The number of carboxylic acids is 1. The van der Waals surface area contributed by atoms with E-state index >= 15 is 0 Å². The fourth-order valence-electron chi connectivity index (χ4n) is 1.32. The Morgan fingerprint density at radius 3 is 2.65 bits per heavy atom. The molecule has 0 aromatic heterocycles. The van der Waals surface area contributed by atoms with E-state index in [-0.39, 0.29) is 12.3 Å². The second kappa shape index (κ2) is 5.97. The molecule has 6 heteroatoms. The minimum absolute atomic E-state index is 0.141. The lowest BCUT2D eigenvalue weighted by Gasteiger charge is -2.09. The van der Waals surface area contributed by atoms with E-state index in [0.717, 1.165) is 9.13 Å². The first-order valence-electron chi connectivity index (χ1n) is 4.94. The Kier molecular flexibility index (Phi) is 4.88. The van der Waals surface area contributed by atoms with Crippen molar-refractivity contribution in [3.63, 3.8) is 0 Å². The van der Waals surface area contributed by atoms with Crippen LogP contribution < -0.4 is 11.1 Å². The van der Waals surface area contributed by atoms with E-state index in [4.69, 9.17) is 10.8 Å². The van der Waals surface area contributed by atoms with Crippen molar-refractivity contribution in [2.75, 3.05) is 5.32 Å². The van der Waals surface area contributed by atoms with Crippen LogP contribution in [0.2, 0.25) is 0 Å². The molecule has 1 amide bonds. The lowest BCUT2D eigenvalue weighted by atomic mass is 10.1. The molecular formula is C11H13IN2O3. The molecule has 0 aliphatic rings. The minimum Gasteiger partial charge on any atom is -0.480 e. The van der Waals surface area contributed by atoms with Crippen LogP contribution in [-0.2, 0) is 16.0 Å². The number of amides is 1. The van der Waals surface area contributed by atoms with Gasteiger partial charge in [0.25, 0.3) is 0 Å². The van der Waals surface area contributed by atoms with Gasteiger partial charge in [0.05, 0.1) is 5.69 Å². The van der Waals surface area contributed by atoms with Crippen molar-refractivity contribution >= 4 is 40.2 Å². The van der Waals surface area contributed by atoms with E-state index < -0.39 is 12.0 Å². The van der Waals surface area contributed by atoms with Gasteiger partial charge >= 0.3 is 5.97 Å². The first-order valence-corrected chi connectivity index (χ1v) is 6.02. The first-order chi connectivity index (χ1) is 7.90. The molecule has 1 aromatic carbocycles. The van der Waals surface area contributed by atoms with Crippen LogP contribution in [0.25, 0.3) is 0 Å². The molecular weight excluding hydrogens is 335 g/mol. The number of aliphatic carboxylic acids is 1. The highest BCUT2D eigenvalue weighted by molar-refractivity contribution is 14.1. The van der Waals surface area contributed by atoms with Crippen molar-refractivity contribution in [2.24, 2.45) is 5.73 Å². The minimum atomic E-state index is -1.02. The number of carbonyl (C=O) groups excluding carboxylic acids is 1. The topological polar surface area (TPSA) is 92.4 Å². The highest BCUT2D eigenvalue weighted by atomic mass is 127. The van der Waals surface area contributed by atoms with Gasteiger partial charge in [-0.25, -0.2) is 0 Å². The summed E-state index contributed by atoms with van der Waals surface area (Å²) in [6.07, 6.45) is 0.270. The number of hydrogen-bond donors (Lipinski definition) is 3. The summed E-state index contributed by atoms with van der Waals surface area (Å²) in [6.45, 7) is 1.43. The molecule has 92 valence electrons. The summed E-state index contributed by atoms with van der Waals surface area (Å²) in [5, 5.41) is 11.4. The Bertz CT molecular complexity index is 448. The summed E-state index contributed by atoms with van der Waals surface area (Å²) >= 11 is 2.08. The van der Waals surface area contributed by atoms with E-state index in [0.29, 0.717) is 5.69 Å². The maximum atomic E-state index is 10.9. The van der Waals surface area contributed by atoms with E-state index in [1.165, 1.54) is 6.92 Å². The van der Waals surface area contributed by atoms with Crippen LogP contribution in [0.1, 0.15) is 12.5 Å². The van der Waals surface area contributed by atoms with Gasteiger partial charge in [-0.05, 0) is 46.7 Å². The average molecular weight is 348 g/mol. The van der Waals surface area contributed by atoms with Gasteiger partial charge in [-0.2, -0.15) is 0 Å². The monoisotopic (exact) mass is 348 g/mol. The van der Waals surface area contributed by atoms with Crippen molar-refractivity contribution in [3.8, 4) is 0 Å². The Balaban J connectivity index is 2.81. The predicted octanol–water partition coefficient (Wildman–Crippen LogP) is 1.20. The van der Waals surface area contributed by atoms with Crippen LogP contribution in [0.15, 0.2) is 18.2 Å². The number of nitrogens with one attached hydrogen (secondary N) is 1. The first kappa shape index (κ1) is 13.9. The molecule has 0 bridgehead atoms. The zero-order valence-corrected chi connectivity index (χ0v) is 11.4. The fourth-order valence-corrected chi connectivity index (χ4v) is 2.03. The van der Waals surface area contributed by atoms with Gasteiger partial charge in [0.15, 0.2) is 0 Å². The Morgan fingerprint density at radius 1 is 1.53 bits per heavy atom. The highest BCUT2D eigenvalue weighted by Crippen LogP contribution is 2.20. The largest absolute Gasteiger partial charge is 0.480 e. The van der Waals surface area contributed by atoms with Crippen LogP contribution in [0.4, 0.5) is 5.69 Å². The van der Waals surface area contributed by atoms with Crippen LogP contribution in [0.3, 0.4) is 0 Å². The van der Waals surface area contributed by atoms with Gasteiger partial charge in [-0.15, -0.1) is 0 Å². The lowest BCUT2D eigenvalue weighted by molar-refractivity contribution is -0.138. The molecule has 1 rings (SSSR count). The molecule has 1 unspecified atom stereocenters. The zero-order chi connectivity index (χ0) is 13.0. The molecule has 0 aliphatic heterocycles. The van der Waals surface area contributed by atoms with E-state index in [1.54, 1.807) is 12.1 Å². The number of nitrogens with two attached hydrogens (primary N) is 1. The molecule has 0 aliphatic carbocycles. The maximum absolute atomic E-state index is 10.9. The van der Waals surface area contributed by atoms with Gasteiger partial charge in [0.2, 0.25) is 5.91 Å². The summed E-state index contributed by atoms with van der Waals surface area (Å²) in [5.41, 5.74) is 6.99. The summed E-state index contributed by atoms with van der Waals surface area (Å²) in [7, 11) is 0. The molecule has 5 nitrogen and oxygen atoms in total. The van der Waals surface area contributed by atoms with Crippen molar-refractivity contribution in [2.45, 2.75) is 19.4 Å². The predicted molar refractivity (Wildman–Crippen MR) is 72.8 cm³/mol. The molecule has 4 N–H and O–H groups in total. The van der Waals surface area contributed by atoms with Gasteiger partial charge in [0, 0.05) is 10.5 Å². The van der Waals surface area contributed by atoms with Crippen molar-refractivity contribution in [1.29, 1.82) is 0 Å². The van der Waals surface area contributed by atoms with E-state index in [9.17, 15) is 9.59 Å².